The number of rotatable bonds is 3. The number of hydrogen-bond donors (Lipinski definition) is 1. The van der Waals surface area contributed by atoms with E-state index in [4.69, 9.17) is 0 Å². The van der Waals surface area contributed by atoms with E-state index in [9.17, 15) is 4.79 Å². The van der Waals surface area contributed by atoms with Crippen LogP contribution in [0.2, 0.25) is 0 Å². The molecule has 3 heterocycles. The highest BCUT2D eigenvalue weighted by Gasteiger charge is 2.23. The second-order valence-corrected chi connectivity index (χ2v) is 8.12. The molecule has 31 heavy (non-hydrogen) atoms. The fourth-order valence-electron chi connectivity index (χ4n) is 3.89. The molecule has 0 spiro atoms. The number of anilines is 2. The van der Waals surface area contributed by atoms with Gasteiger partial charge in [-0.25, -0.2) is 19.4 Å². The average Bonchev–Trinajstić information content (AvgIpc) is 3.09. The van der Waals surface area contributed by atoms with Crippen molar-refractivity contribution in [2.75, 3.05) is 36.4 Å². The molecule has 0 radical (unpaired) electrons. The van der Waals surface area contributed by atoms with Crippen molar-refractivity contribution in [1.82, 2.24) is 24.6 Å². The predicted octanol–water partition coefficient (Wildman–Crippen LogP) is 3.56. The van der Waals surface area contributed by atoms with Crippen LogP contribution in [0.3, 0.4) is 0 Å². The van der Waals surface area contributed by atoms with E-state index in [-0.39, 0.29) is 6.03 Å². The Labute approximate surface area is 182 Å². The number of aryl methyl sites for hydroxylation is 4. The number of aromatic nitrogens is 4. The Morgan fingerprint density at radius 2 is 1.65 bits per heavy atom. The first-order valence-electron chi connectivity index (χ1n) is 10.6. The standard InChI is InChI=1S/C23H29N7O/c1-15-7-6-8-20(18(15)4)26-23(31)29-11-9-28(10-12-29)21-14-22(25-19(5)24-21)30-17(3)13-16(2)27-30/h6-8,13-14H,9-12H2,1-5H3,(H,26,31). The summed E-state index contributed by atoms with van der Waals surface area (Å²) in [6, 6.07) is 9.90. The molecule has 0 unspecified atom stereocenters. The van der Waals surface area contributed by atoms with Gasteiger partial charge in [-0.3, -0.25) is 0 Å². The number of carbonyl (C=O) groups is 1. The van der Waals surface area contributed by atoms with Crippen LogP contribution in [0, 0.1) is 34.6 Å². The van der Waals surface area contributed by atoms with E-state index in [1.165, 1.54) is 5.56 Å². The van der Waals surface area contributed by atoms with E-state index < -0.39 is 0 Å². The second-order valence-electron chi connectivity index (χ2n) is 8.12. The maximum absolute atomic E-state index is 12.8. The van der Waals surface area contributed by atoms with Gasteiger partial charge < -0.3 is 15.1 Å². The van der Waals surface area contributed by atoms with Gasteiger partial charge in [0, 0.05) is 43.6 Å². The van der Waals surface area contributed by atoms with Crippen LogP contribution in [-0.2, 0) is 0 Å². The van der Waals surface area contributed by atoms with Gasteiger partial charge in [-0.15, -0.1) is 0 Å². The number of urea groups is 1. The Morgan fingerprint density at radius 1 is 0.935 bits per heavy atom. The lowest BCUT2D eigenvalue weighted by atomic mass is 10.1. The summed E-state index contributed by atoms with van der Waals surface area (Å²) in [6.07, 6.45) is 0. The van der Waals surface area contributed by atoms with Gasteiger partial charge >= 0.3 is 6.03 Å². The quantitative estimate of drug-likeness (QED) is 0.702. The molecule has 1 saturated heterocycles. The SMILES string of the molecule is Cc1cc(C)n(-c2cc(N3CCN(C(=O)Nc4cccc(C)c4C)CC3)nc(C)n2)n1. The second kappa shape index (κ2) is 8.37. The molecule has 2 amide bonds. The Balaban J connectivity index is 1.44. The van der Waals surface area contributed by atoms with Gasteiger partial charge in [-0.1, -0.05) is 12.1 Å². The molecular weight excluding hydrogens is 390 g/mol. The summed E-state index contributed by atoms with van der Waals surface area (Å²) in [4.78, 5) is 26.0. The van der Waals surface area contributed by atoms with Crippen LogP contribution in [0.25, 0.3) is 5.82 Å². The van der Waals surface area contributed by atoms with Crippen molar-refractivity contribution in [2.45, 2.75) is 34.6 Å². The molecule has 3 aromatic rings. The van der Waals surface area contributed by atoms with Gasteiger partial charge in [-0.2, -0.15) is 5.10 Å². The zero-order valence-corrected chi connectivity index (χ0v) is 18.8. The Bertz CT molecular complexity index is 1110. The summed E-state index contributed by atoms with van der Waals surface area (Å²) in [5, 5.41) is 7.60. The van der Waals surface area contributed by atoms with Gasteiger partial charge in [0.25, 0.3) is 0 Å². The van der Waals surface area contributed by atoms with E-state index in [0.29, 0.717) is 32.0 Å². The van der Waals surface area contributed by atoms with Crippen LogP contribution >= 0.6 is 0 Å². The zero-order chi connectivity index (χ0) is 22.1. The fourth-order valence-corrected chi connectivity index (χ4v) is 3.89. The first-order valence-corrected chi connectivity index (χ1v) is 10.6. The van der Waals surface area contributed by atoms with Crippen LogP contribution in [0.4, 0.5) is 16.3 Å². The molecule has 8 heteroatoms. The minimum absolute atomic E-state index is 0.0597. The average molecular weight is 420 g/mol. The maximum atomic E-state index is 12.8. The fraction of sp³-hybridized carbons (Fsp3) is 0.391. The third-order valence-electron chi connectivity index (χ3n) is 5.77. The topological polar surface area (TPSA) is 79.2 Å². The smallest absolute Gasteiger partial charge is 0.321 e. The van der Waals surface area contributed by atoms with Crippen molar-refractivity contribution >= 4 is 17.5 Å². The van der Waals surface area contributed by atoms with E-state index in [1.807, 2.05) is 74.5 Å². The molecular formula is C23H29N7O. The molecule has 2 aromatic heterocycles. The van der Waals surface area contributed by atoms with Crippen LogP contribution in [0.5, 0.6) is 0 Å². The highest BCUT2D eigenvalue weighted by molar-refractivity contribution is 5.90. The van der Waals surface area contributed by atoms with Crippen LogP contribution in [0.1, 0.15) is 28.3 Å². The lowest BCUT2D eigenvalue weighted by Crippen LogP contribution is -2.50. The molecule has 1 N–H and O–H groups in total. The van der Waals surface area contributed by atoms with Crippen molar-refractivity contribution in [2.24, 2.45) is 0 Å². The van der Waals surface area contributed by atoms with Gasteiger partial charge in [0.2, 0.25) is 0 Å². The largest absolute Gasteiger partial charge is 0.353 e. The summed E-state index contributed by atoms with van der Waals surface area (Å²) in [5.41, 5.74) is 5.13. The summed E-state index contributed by atoms with van der Waals surface area (Å²) in [5.74, 6) is 2.34. The van der Waals surface area contributed by atoms with Crippen LogP contribution < -0.4 is 10.2 Å². The molecule has 1 fully saturated rings. The molecule has 1 aliphatic rings. The highest BCUT2D eigenvalue weighted by Crippen LogP contribution is 2.21. The van der Waals surface area contributed by atoms with Crippen molar-refractivity contribution in [3.05, 3.63) is 58.7 Å². The summed E-state index contributed by atoms with van der Waals surface area (Å²) in [7, 11) is 0. The molecule has 0 atom stereocenters. The number of benzene rings is 1. The number of carbonyl (C=O) groups excluding carboxylic acids is 1. The van der Waals surface area contributed by atoms with Crippen molar-refractivity contribution in [3.8, 4) is 5.82 Å². The minimum atomic E-state index is -0.0597. The van der Waals surface area contributed by atoms with Gasteiger partial charge in [0.05, 0.1) is 5.69 Å². The Hall–Kier alpha value is -3.42. The molecule has 1 aromatic carbocycles. The molecule has 8 nitrogen and oxygen atoms in total. The molecule has 0 bridgehead atoms. The maximum Gasteiger partial charge on any atom is 0.321 e. The minimum Gasteiger partial charge on any atom is -0.353 e. The molecule has 0 saturated carbocycles. The molecule has 4 rings (SSSR count). The van der Waals surface area contributed by atoms with Crippen LogP contribution in [-0.4, -0.2) is 56.9 Å². The number of amides is 2. The van der Waals surface area contributed by atoms with Gasteiger partial charge in [0.15, 0.2) is 5.82 Å². The number of piperazine rings is 1. The van der Waals surface area contributed by atoms with Crippen LogP contribution in [0.15, 0.2) is 30.3 Å². The predicted molar refractivity (Wildman–Crippen MR) is 122 cm³/mol. The summed E-state index contributed by atoms with van der Waals surface area (Å²) >= 11 is 0. The third kappa shape index (κ3) is 4.38. The Morgan fingerprint density at radius 3 is 2.32 bits per heavy atom. The first-order chi connectivity index (χ1) is 14.8. The van der Waals surface area contributed by atoms with Crippen molar-refractivity contribution in [1.29, 1.82) is 0 Å². The molecule has 1 aliphatic heterocycles. The lowest BCUT2D eigenvalue weighted by molar-refractivity contribution is 0.208. The lowest BCUT2D eigenvalue weighted by Gasteiger charge is -2.35. The van der Waals surface area contributed by atoms with E-state index in [1.54, 1.807) is 0 Å². The first kappa shape index (κ1) is 20.8. The van der Waals surface area contributed by atoms with Gasteiger partial charge in [-0.05, 0) is 57.9 Å². The Kier molecular flexibility index (Phi) is 5.63. The number of hydrogen-bond acceptors (Lipinski definition) is 5. The third-order valence-corrected chi connectivity index (χ3v) is 5.77. The summed E-state index contributed by atoms with van der Waals surface area (Å²) in [6.45, 7) is 12.7. The normalized spacial score (nSPS) is 14.1. The highest BCUT2D eigenvalue weighted by atomic mass is 16.2. The van der Waals surface area contributed by atoms with Crippen molar-refractivity contribution < 1.29 is 4.79 Å². The monoisotopic (exact) mass is 419 g/mol. The van der Waals surface area contributed by atoms with E-state index in [0.717, 1.165) is 34.3 Å². The molecule has 162 valence electrons. The molecule has 0 aliphatic carbocycles. The number of nitrogens with zero attached hydrogens (tertiary/aromatic N) is 6. The summed E-state index contributed by atoms with van der Waals surface area (Å²) < 4.78 is 1.85. The van der Waals surface area contributed by atoms with E-state index >= 15 is 0 Å². The van der Waals surface area contributed by atoms with Crippen molar-refractivity contribution in [3.63, 3.8) is 0 Å². The van der Waals surface area contributed by atoms with Gasteiger partial charge in [0.1, 0.15) is 11.6 Å². The zero-order valence-electron chi connectivity index (χ0n) is 18.8. The van der Waals surface area contributed by atoms with E-state index in [2.05, 4.69) is 25.3 Å². The number of nitrogens with one attached hydrogen (secondary N) is 1.